The van der Waals surface area contributed by atoms with Crippen LogP contribution in [0.15, 0.2) is 76.2 Å². The maximum absolute atomic E-state index is 12.4. The molecule has 0 unspecified atom stereocenters. The minimum Gasteiger partial charge on any atom is -0.451 e. The number of benzene rings is 3. The smallest absolute Gasteiger partial charge is 0.307 e. The summed E-state index contributed by atoms with van der Waals surface area (Å²) >= 11 is 0. The summed E-state index contributed by atoms with van der Waals surface area (Å²) in [6.45, 7) is 4.31. The van der Waals surface area contributed by atoms with Gasteiger partial charge < -0.3 is 4.42 Å². The summed E-state index contributed by atoms with van der Waals surface area (Å²) in [6, 6.07) is 21.8. The van der Waals surface area contributed by atoms with Crippen molar-refractivity contribution in [2.24, 2.45) is 5.10 Å². The highest BCUT2D eigenvalue weighted by Gasteiger charge is 2.13. The number of hydrogen-bond donors (Lipinski definition) is 1. The number of nitrogens with one attached hydrogen (secondary N) is 1. The molecule has 4 aromatic rings. The SMILES string of the molecule is CC(C)c1ccc(/C=N/NC(=O)c2cc3c(ccc4ccccc43)o2)cc1. The molecule has 1 aromatic heterocycles. The molecular formula is C23H20N2O2. The third kappa shape index (κ3) is 3.47. The Morgan fingerprint density at radius 1 is 1.00 bits per heavy atom. The fourth-order valence-electron chi connectivity index (χ4n) is 3.09. The standard InChI is InChI=1S/C23H20N2O2/c1-15(2)17-9-7-16(8-10-17)14-24-25-23(26)22-13-20-19-6-4-3-5-18(19)11-12-21(20)27-22/h3-15H,1-2H3,(H,25,26)/b24-14+. The number of furan rings is 1. The lowest BCUT2D eigenvalue weighted by Gasteiger charge is -2.04. The van der Waals surface area contributed by atoms with Crippen LogP contribution < -0.4 is 5.43 Å². The largest absolute Gasteiger partial charge is 0.451 e. The molecule has 4 heteroatoms. The topological polar surface area (TPSA) is 54.6 Å². The van der Waals surface area contributed by atoms with E-state index in [1.807, 2.05) is 48.5 Å². The Kier molecular flexibility index (Phi) is 4.47. The number of nitrogens with zero attached hydrogens (tertiary/aromatic N) is 1. The maximum Gasteiger partial charge on any atom is 0.307 e. The van der Waals surface area contributed by atoms with Gasteiger partial charge in [0.25, 0.3) is 0 Å². The van der Waals surface area contributed by atoms with Gasteiger partial charge in [-0.25, -0.2) is 5.43 Å². The molecule has 0 fully saturated rings. The van der Waals surface area contributed by atoms with Gasteiger partial charge in [-0.2, -0.15) is 5.10 Å². The van der Waals surface area contributed by atoms with Crippen LogP contribution in [0.1, 0.15) is 41.4 Å². The molecule has 0 aliphatic carbocycles. The van der Waals surface area contributed by atoms with Crippen molar-refractivity contribution in [1.29, 1.82) is 0 Å². The highest BCUT2D eigenvalue weighted by molar-refractivity contribution is 6.08. The predicted octanol–water partition coefficient (Wildman–Crippen LogP) is 5.47. The molecule has 3 aromatic carbocycles. The van der Waals surface area contributed by atoms with Crippen LogP contribution in [0.5, 0.6) is 0 Å². The van der Waals surface area contributed by atoms with E-state index in [2.05, 4.69) is 36.5 Å². The molecular weight excluding hydrogens is 336 g/mol. The minimum absolute atomic E-state index is 0.244. The first-order valence-corrected chi connectivity index (χ1v) is 8.96. The van der Waals surface area contributed by atoms with Gasteiger partial charge >= 0.3 is 5.91 Å². The summed E-state index contributed by atoms with van der Waals surface area (Å²) in [5, 5.41) is 7.14. The zero-order chi connectivity index (χ0) is 18.8. The van der Waals surface area contributed by atoms with E-state index in [4.69, 9.17) is 4.42 Å². The molecule has 1 heterocycles. The van der Waals surface area contributed by atoms with E-state index in [0.29, 0.717) is 11.5 Å². The van der Waals surface area contributed by atoms with Crippen molar-refractivity contribution in [2.75, 3.05) is 0 Å². The van der Waals surface area contributed by atoms with Crippen molar-refractivity contribution >= 4 is 33.9 Å². The summed E-state index contributed by atoms with van der Waals surface area (Å²) in [6.07, 6.45) is 1.63. The van der Waals surface area contributed by atoms with E-state index >= 15 is 0 Å². The van der Waals surface area contributed by atoms with Crippen LogP contribution in [0.25, 0.3) is 21.7 Å². The second kappa shape index (κ2) is 7.08. The number of hydrazone groups is 1. The molecule has 4 nitrogen and oxygen atoms in total. The second-order valence-corrected chi connectivity index (χ2v) is 6.83. The molecule has 0 bridgehead atoms. The Labute approximate surface area is 157 Å². The molecule has 0 saturated carbocycles. The van der Waals surface area contributed by atoms with Crippen LogP contribution in [0.3, 0.4) is 0 Å². The van der Waals surface area contributed by atoms with Crippen LogP contribution in [0, 0.1) is 0 Å². The van der Waals surface area contributed by atoms with Gasteiger partial charge in [0.2, 0.25) is 0 Å². The summed E-state index contributed by atoms with van der Waals surface area (Å²) in [5.74, 6) is 0.360. The first-order valence-electron chi connectivity index (χ1n) is 8.96. The molecule has 0 aliphatic rings. The van der Waals surface area contributed by atoms with Crippen LogP contribution in [-0.2, 0) is 0 Å². The molecule has 0 atom stereocenters. The number of hydrogen-bond acceptors (Lipinski definition) is 3. The normalized spacial score (nSPS) is 11.7. The van der Waals surface area contributed by atoms with Crippen molar-refractivity contribution in [3.8, 4) is 0 Å². The van der Waals surface area contributed by atoms with Crippen molar-refractivity contribution in [3.05, 3.63) is 83.6 Å². The number of rotatable bonds is 4. The van der Waals surface area contributed by atoms with Crippen molar-refractivity contribution in [1.82, 2.24) is 5.43 Å². The Balaban J connectivity index is 1.52. The Morgan fingerprint density at radius 2 is 1.78 bits per heavy atom. The Morgan fingerprint density at radius 3 is 2.56 bits per heavy atom. The first kappa shape index (κ1) is 17.0. The van der Waals surface area contributed by atoms with E-state index in [1.54, 1.807) is 12.3 Å². The first-order chi connectivity index (χ1) is 13.1. The van der Waals surface area contributed by atoms with Crippen molar-refractivity contribution in [2.45, 2.75) is 19.8 Å². The molecule has 0 saturated heterocycles. The average molecular weight is 356 g/mol. The van der Waals surface area contributed by atoms with Gasteiger partial charge in [-0.3, -0.25) is 4.79 Å². The third-order valence-corrected chi connectivity index (χ3v) is 4.63. The van der Waals surface area contributed by atoms with Crippen molar-refractivity contribution < 1.29 is 9.21 Å². The molecule has 27 heavy (non-hydrogen) atoms. The Hall–Kier alpha value is -3.40. The van der Waals surface area contributed by atoms with Crippen LogP contribution in [0.2, 0.25) is 0 Å². The maximum atomic E-state index is 12.4. The fourth-order valence-corrected chi connectivity index (χ4v) is 3.09. The third-order valence-electron chi connectivity index (χ3n) is 4.63. The molecule has 4 rings (SSSR count). The predicted molar refractivity (Wildman–Crippen MR) is 109 cm³/mol. The lowest BCUT2D eigenvalue weighted by molar-refractivity contribution is 0.0929. The summed E-state index contributed by atoms with van der Waals surface area (Å²) in [4.78, 5) is 12.4. The number of fused-ring (bicyclic) bond motifs is 3. The highest BCUT2D eigenvalue weighted by atomic mass is 16.3. The van der Waals surface area contributed by atoms with E-state index in [1.165, 1.54) is 5.56 Å². The number of amides is 1. The van der Waals surface area contributed by atoms with Gasteiger partial charge in [-0.1, -0.05) is 68.4 Å². The van der Waals surface area contributed by atoms with Gasteiger partial charge in [0.1, 0.15) is 5.58 Å². The van der Waals surface area contributed by atoms with Crippen LogP contribution >= 0.6 is 0 Å². The molecule has 0 aliphatic heterocycles. The highest BCUT2D eigenvalue weighted by Crippen LogP contribution is 2.28. The van der Waals surface area contributed by atoms with E-state index < -0.39 is 0 Å². The molecule has 0 spiro atoms. The van der Waals surface area contributed by atoms with Gasteiger partial charge in [0.05, 0.1) is 6.21 Å². The summed E-state index contributed by atoms with van der Waals surface area (Å²) < 4.78 is 5.70. The molecule has 0 radical (unpaired) electrons. The van der Waals surface area contributed by atoms with E-state index in [0.717, 1.165) is 21.7 Å². The molecule has 134 valence electrons. The van der Waals surface area contributed by atoms with Crippen LogP contribution in [0.4, 0.5) is 0 Å². The quantitative estimate of drug-likeness (QED) is 0.389. The monoisotopic (exact) mass is 356 g/mol. The van der Waals surface area contributed by atoms with Gasteiger partial charge in [-0.05, 0) is 39.9 Å². The van der Waals surface area contributed by atoms with Gasteiger partial charge in [0, 0.05) is 5.39 Å². The zero-order valence-corrected chi connectivity index (χ0v) is 15.3. The fraction of sp³-hybridized carbons (Fsp3) is 0.130. The number of carbonyl (C=O) groups is 1. The van der Waals surface area contributed by atoms with E-state index in [-0.39, 0.29) is 11.7 Å². The zero-order valence-electron chi connectivity index (χ0n) is 15.3. The summed E-state index contributed by atoms with van der Waals surface area (Å²) in [5.41, 5.74) is 5.41. The lowest BCUT2D eigenvalue weighted by Crippen LogP contribution is -2.16. The second-order valence-electron chi connectivity index (χ2n) is 6.83. The average Bonchev–Trinajstić information content (AvgIpc) is 3.13. The van der Waals surface area contributed by atoms with Crippen molar-refractivity contribution in [3.63, 3.8) is 0 Å². The molecule has 1 N–H and O–H groups in total. The lowest BCUT2D eigenvalue weighted by atomic mass is 10.0. The van der Waals surface area contributed by atoms with Crippen LogP contribution in [-0.4, -0.2) is 12.1 Å². The van der Waals surface area contributed by atoms with E-state index in [9.17, 15) is 4.79 Å². The number of carbonyl (C=O) groups excluding carboxylic acids is 1. The minimum atomic E-state index is -0.370. The Bertz CT molecular complexity index is 1140. The molecule has 1 amide bonds. The van der Waals surface area contributed by atoms with Gasteiger partial charge in [-0.15, -0.1) is 0 Å². The summed E-state index contributed by atoms with van der Waals surface area (Å²) in [7, 11) is 0. The van der Waals surface area contributed by atoms with Gasteiger partial charge in [0.15, 0.2) is 5.76 Å².